The number of carbonyl (C=O) groups is 2. The van der Waals surface area contributed by atoms with Crippen LogP contribution in [0.5, 0.6) is 5.75 Å². The van der Waals surface area contributed by atoms with Crippen molar-refractivity contribution < 1.29 is 37.3 Å². The van der Waals surface area contributed by atoms with Crippen molar-refractivity contribution in [2.24, 2.45) is 0 Å². The molecule has 0 aliphatic carbocycles. The van der Waals surface area contributed by atoms with E-state index in [-0.39, 0.29) is 30.9 Å². The fourth-order valence-corrected chi connectivity index (χ4v) is 2.37. The number of carboxylic acids is 1. The van der Waals surface area contributed by atoms with E-state index in [1.807, 2.05) is 6.92 Å². The van der Waals surface area contributed by atoms with E-state index in [4.69, 9.17) is 14.6 Å². The van der Waals surface area contributed by atoms with Crippen LogP contribution in [-0.4, -0.2) is 35.8 Å². The fraction of sp³-hybridized carbons (Fsp3) is 0.500. The summed E-state index contributed by atoms with van der Waals surface area (Å²) >= 11 is 0. The zero-order valence-electron chi connectivity index (χ0n) is 13.4. The van der Waals surface area contributed by atoms with Crippen molar-refractivity contribution in [3.8, 4) is 5.75 Å². The van der Waals surface area contributed by atoms with Gasteiger partial charge in [0, 0.05) is 0 Å². The topological polar surface area (TPSA) is 84.9 Å². The van der Waals surface area contributed by atoms with Crippen molar-refractivity contribution in [1.29, 1.82) is 0 Å². The molecule has 2 rings (SSSR count). The zero-order valence-corrected chi connectivity index (χ0v) is 13.4. The number of halogens is 3. The standard InChI is InChI=1S/C16H18F3NO5/c1-2-7-24-11-4-3-9(16(17,18)19)8-10(11)20-14(21)12-5-6-13(25-12)15(22)23/h3-4,8,12-13H,2,5-7H2,1H3,(H,20,21)(H,22,23)/t12-,13+/m0/s1. The molecule has 1 amide bonds. The van der Waals surface area contributed by atoms with Crippen molar-refractivity contribution in [2.45, 2.75) is 44.6 Å². The minimum absolute atomic E-state index is 0.107. The first kappa shape index (κ1) is 19.0. The lowest BCUT2D eigenvalue weighted by Gasteiger charge is -2.17. The van der Waals surface area contributed by atoms with Crippen molar-refractivity contribution in [3.05, 3.63) is 23.8 Å². The highest BCUT2D eigenvalue weighted by atomic mass is 19.4. The van der Waals surface area contributed by atoms with E-state index in [9.17, 15) is 22.8 Å². The van der Waals surface area contributed by atoms with Gasteiger partial charge in [-0.2, -0.15) is 13.2 Å². The predicted octanol–water partition coefficient (Wildman–Crippen LogP) is 3.06. The maximum atomic E-state index is 12.9. The van der Waals surface area contributed by atoms with Crippen LogP contribution in [0.4, 0.5) is 18.9 Å². The number of alkyl halides is 3. The van der Waals surface area contributed by atoms with Gasteiger partial charge in [-0.05, 0) is 37.5 Å². The van der Waals surface area contributed by atoms with E-state index < -0.39 is 35.8 Å². The highest BCUT2D eigenvalue weighted by Crippen LogP contribution is 2.35. The lowest BCUT2D eigenvalue weighted by molar-refractivity contribution is -0.151. The molecule has 138 valence electrons. The number of carboxylic acid groups (broad SMARTS) is 1. The molecule has 1 heterocycles. The lowest BCUT2D eigenvalue weighted by atomic mass is 10.1. The Kier molecular flexibility index (Phi) is 5.89. The van der Waals surface area contributed by atoms with Gasteiger partial charge in [0.05, 0.1) is 17.9 Å². The van der Waals surface area contributed by atoms with Gasteiger partial charge < -0.3 is 19.9 Å². The van der Waals surface area contributed by atoms with E-state index in [0.29, 0.717) is 6.42 Å². The number of hydrogen-bond acceptors (Lipinski definition) is 4. The number of anilines is 1. The molecule has 0 radical (unpaired) electrons. The Morgan fingerprint density at radius 3 is 2.56 bits per heavy atom. The molecule has 2 N–H and O–H groups in total. The molecule has 0 saturated carbocycles. The summed E-state index contributed by atoms with van der Waals surface area (Å²) in [7, 11) is 0. The first-order chi connectivity index (χ1) is 11.7. The molecule has 25 heavy (non-hydrogen) atoms. The van der Waals surface area contributed by atoms with E-state index in [2.05, 4.69) is 5.32 Å². The predicted molar refractivity (Wildman–Crippen MR) is 81.4 cm³/mol. The smallest absolute Gasteiger partial charge is 0.416 e. The first-order valence-corrected chi connectivity index (χ1v) is 7.75. The highest BCUT2D eigenvalue weighted by molar-refractivity contribution is 5.96. The summed E-state index contributed by atoms with van der Waals surface area (Å²) in [6.45, 7) is 2.11. The second kappa shape index (κ2) is 7.73. The van der Waals surface area contributed by atoms with Gasteiger partial charge >= 0.3 is 12.1 Å². The Balaban J connectivity index is 2.17. The molecule has 9 heteroatoms. The van der Waals surface area contributed by atoms with Gasteiger partial charge in [0.25, 0.3) is 5.91 Å². The third-order valence-electron chi connectivity index (χ3n) is 3.61. The fourth-order valence-electron chi connectivity index (χ4n) is 2.37. The van der Waals surface area contributed by atoms with Gasteiger partial charge in [0.15, 0.2) is 6.10 Å². The number of aliphatic carboxylic acids is 1. The lowest BCUT2D eigenvalue weighted by Crippen LogP contribution is -2.30. The molecular formula is C16H18F3NO5. The van der Waals surface area contributed by atoms with Crippen LogP contribution in [0.15, 0.2) is 18.2 Å². The Bertz CT molecular complexity index is 647. The van der Waals surface area contributed by atoms with Crippen molar-refractivity contribution >= 4 is 17.6 Å². The second-order valence-corrected chi connectivity index (χ2v) is 5.58. The van der Waals surface area contributed by atoms with E-state index in [0.717, 1.165) is 18.2 Å². The highest BCUT2D eigenvalue weighted by Gasteiger charge is 2.36. The van der Waals surface area contributed by atoms with Crippen LogP contribution in [0.1, 0.15) is 31.7 Å². The van der Waals surface area contributed by atoms with Crippen molar-refractivity contribution in [2.75, 3.05) is 11.9 Å². The minimum atomic E-state index is -4.57. The molecule has 0 aromatic heterocycles. The molecule has 0 spiro atoms. The van der Waals surface area contributed by atoms with E-state index in [1.165, 1.54) is 0 Å². The average Bonchev–Trinajstić information content (AvgIpc) is 3.03. The van der Waals surface area contributed by atoms with Crippen LogP contribution in [0.25, 0.3) is 0 Å². The maximum Gasteiger partial charge on any atom is 0.416 e. The molecule has 6 nitrogen and oxygen atoms in total. The monoisotopic (exact) mass is 361 g/mol. The number of benzene rings is 1. The van der Waals surface area contributed by atoms with Gasteiger partial charge in [-0.1, -0.05) is 6.92 Å². The number of carbonyl (C=O) groups excluding carboxylic acids is 1. The van der Waals surface area contributed by atoms with Crippen LogP contribution in [0, 0.1) is 0 Å². The minimum Gasteiger partial charge on any atom is -0.491 e. The molecule has 1 saturated heterocycles. The number of ether oxygens (including phenoxy) is 2. The Labute approximate surface area is 141 Å². The summed E-state index contributed by atoms with van der Waals surface area (Å²) in [5.74, 6) is -1.78. The van der Waals surface area contributed by atoms with E-state index in [1.54, 1.807) is 0 Å². The van der Waals surface area contributed by atoms with Gasteiger partial charge in [0.1, 0.15) is 11.9 Å². The third kappa shape index (κ3) is 4.85. The van der Waals surface area contributed by atoms with Gasteiger partial charge in [-0.3, -0.25) is 4.79 Å². The Hall–Kier alpha value is -2.29. The summed E-state index contributed by atoms with van der Waals surface area (Å²) in [6, 6.07) is 2.79. The average molecular weight is 361 g/mol. The molecule has 1 fully saturated rings. The van der Waals surface area contributed by atoms with Crippen molar-refractivity contribution in [3.63, 3.8) is 0 Å². The summed E-state index contributed by atoms with van der Waals surface area (Å²) < 4.78 is 49.1. The molecule has 1 aliphatic heterocycles. The third-order valence-corrected chi connectivity index (χ3v) is 3.61. The Morgan fingerprint density at radius 2 is 2.00 bits per heavy atom. The number of hydrogen-bond donors (Lipinski definition) is 2. The van der Waals surface area contributed by atoms with Crippen molar-refractivity contribution in [1.82, 2.24) is 0 Å². The number of amides is 1. The summed E-state index contributed by atoms with van der Waals surface area (Å²) in [6.07, 6.45) is -5.72. The molecule has 1 aromatic carbocycles. The summed E-state index contributed by atoms with van der Waals surface area (Å²) in [5, 5.41) is 11.2. The van der Waals surface area contributed by atoms with Gasteiger partial charge in [-0.15, -0.1) is 0 Å². The van der Waals surface area contributed by atoms with Crippen LogP contribution < -0.4 is 10.1 Å². The van der Waals surface area contributed by atoms with Crippen LogP contribution in [0.3, 0.4) is 0 Å². The van der Waals surface area contributed by atoms with Crippen LogP contribution >= 0.6 is 0 Å². The SMILES string of the molecule is CCCOc1ccc(C(F)(F)F)cc1NC(=O)[C@@H]1CC[C@H](C(=O)O)O1. The van der Waals surface area contributed by atoms with E-state index >= 15 is 0 Å². The molecule has 1 aliphatic rings. The van der Waals surface area contributed by atoms with Gasteiger partial charge in [0.2, 0.25) is 0 Å². The molecule has 1 aromatic rings. The van der Waals surface area contributed by atoms with Crippen LogP contribution in [0.2, 0.25) is 0 Å². The normalized spacial score (nSPS) is 20.3. The molecule has 2 atom stereocenters. The van der Waals surface area contributed by atoms with Crippen LogP contribution in [-0.2, 0) is 20.5 Å². The first-order valence-electron chi connectivity index (χ1n) is 7.75. The Morgan fingerprint density at radius 1 is 1.32 bits per heavy atom. The number of nitrogens with one attached hydrogen (secondary N) is 1. The zero-order chi connectivity index (χ0) is 18.6. The van der Waals surface area contributed by atoms with Gasteiger partial charge in [-0.25, -0.2) is 4.79 Å². The molecule has 0 bridgehead atoms. The molecule has 0 unspecified atom stereocenters. The largest absolute Gasteiger partial charge is 0.491 e. The summed E-state index contributed by atoms with van der Waals surface area (Å²) in [5.41, 5.74) is -1.06. The second-order valence-electron chi connectivity index (χ2n) is 5.58. The quantitative estimate of drug-likeness (QED) is 0.813. The maximum absolute atomic E-state index is 12.9. The molecular weight excluding hydrogens is 343 g/mol. The summed E-state index contributed by atoms with van der Waals surface area (Å²) in [4.78, 5) is 23.1. The number of rotatable bonds is 6.